The molecule has 4 atom stereocenters. The number of hydrogen-bond donors (Lipinski definition) is 1. The fourth-order valence-electron chi connectivity index (χ4n) is 8.77. The van der Waals surface area contributed by atoms with Crippen molar-refractivity contribution >= 4 is 33.3 Å². The number of ether oxygens (including phenoxy) is 3. The summed E-state index contributed by atoms with van der Waals surface area (Å²) in [6.45, 7) is 15.5. The Hall–Kier alpha value is -3.57. The molecule has 0 aliphatic carbocycles. The van der Waals surface area contributed by atoms with Crippen molar-refractivity contribution in [3.8, 4) is 27.6 Å². The van der Waals surface area contributed by atoms with E-state index in [0.29, 0.717) is 29.5 Å². The van der Waals surface area contributed by atoms with Gasteiger partial charge in [0.05, 0.1) is 41.7 Å². The van der Waals surface area contributed by atoms with Gasteiger partial charge in [0.2, 0.25) is 0 Å². The highest BCUT2D eigenvalue weighted by atomic mass is 32.1. The molecule has 3 unspecified atom stereocenters. The first-order chi connectivity index (χ1) is 25.0. The van der Waals surface area contributed by atoms with Gasteiger partial charge in [-0.05, 0) is 106 Å². The zero-order valence-corrected chi connectivity index (χ0v) is 32.0. The van der Waals surface area contributed by atoms with Crippen LogP contribution in [-0.4, -0.2) is 83.1 Å². The van der Waals surface area contributed by atoms with Gasteiger partial charge in [-0.15, -0.1) is 11.3 Å². The Morgan fingerprint density at radius 2 is 1.87 bits per heavy atom. The number of thiazole rings is 1. The number of rotatable bonds is 4. The number of pyridine rings is 1. The predicted molar refractivity (Wildman–Crippen MR) is 207 cm³/mol. The van der Waals surface area contributed by atoms with E-state index in [1.807, 2.05) is 33.8 Å². The number of carbonyl (C=O) groups is 1. The Labute approximate surface area is 311 Å². The van der Waals surface area contributed by atoms with Crippen LogP contribution in [0.25, 0.3) is 32.0 Å². The summed E-state index contributed by atoms with van der Waals surface area (Å²) in [6, 6.07) is 15.7. The molecular formula is C42H52N4O5S. The zero-order valence-electron chi connectivity index (χ0n) is 31.2. The molecule has 8 rings (SSSR count). The van der Waals surface area contributed by atoms with Gasteiger partial charge in [-0.25, -0.2) is 14.8 Å². The number of nitrogens with zero attached hydrogens (tertiary/aromatic N) is 4. The third kappa shape index (κ3) is 7.07. The molecule has 276 valence electrons. The fraction of sp³-hybridized carbons (Fsp3) is 0.548. The van der Waals surface area contributed by atoms with Gasteiger partial charge in [-0.1, -0.05) is 38.3 Å². The normalized spacial score (nSPS) is 23.6. The summed E-state index contributed by atoms with van der Waals surface area (Å²) < 4.78 is 19.1. The summed E-state index contributed by atoms with van der Waals surface area (Å²) in [7, 11) is 0. The molecule has 0 radical (unpaired) electrons. The molecule has 6 heterocycles. The van der Waals surface area contributed by atoms with Crippen molar-refractivity contribution < 1.29 is 24.1 Å². The van der Waals surface area contributed by atoms with Gasteiger partial charge in [0.25, 0.3) is 0 Å². The molecule has 9 nitrogen and oxygen atoms in total. The van der Waals surface area contributed by atoms with E-state index in [2.05, 4.69) is 53.1 Å². The highest BCUT2D eigenvalue weighted by molar-refractivity contribution is 7.22. The topological polar surface area (TPSA) is 97.2 Å². The molecule has 10 heteroatoms. The van der Waals surface area contributed by atoms with Crippen molar-refractivity contribution in [3.63, 3.8) is 0 Å². The minimum Gasteiger partial charge on any atom is -0.493 e. The summed E-state index contributed by atoms with van der Waals surface area (Å²) in [5, 5.41) is 11.5. The molecule has 1 N–H and O–H groups in total. The van der Waals surface area contributed by atoms with Crippen LogP contribution >= 0.6 is 11.3 Å². The van der Waals surface area contributed by atoms with Gasteiger partial charge in [0.15, 0.2) is 6.10 Å². The largest absolute Gasteiger partial charge is 0.493 e. The third-order valence-electron chi connectivity index (χ3n) is 11.4. The Balaban J connectivity index is 1.29. The molecule has 0 spiro atoms. The summed E-state index contributed by atoms with van der Waals surface area (Å²) in [5.41, 5.74) is 5.60. The number of fused-ring (bicyclic) bond motifs is 8. The van der Waals surface area contributed by atoms with Crippen molar-refractivity contribution in [1.29, 1.82) is 0 Å². The fourth-order valence-corrected chi connectivity index (χ4v) is 9.86. The van der Waals surface area contributed by atoms with E-state index in [4.69, 9.17) is 24.2 Å². The molecule has 2 aromatic carbocycles. The number of piperazine rings is 1. The van der Waals surface area contributed by atoms with Gasteiger partial charge in [-0.3, -0.25) is 4.90 Å². The molecule has 0 saturated carbocycles. The van der Waals surface area contributed by atoms with Crippen LogP contribution in [0.5, 0.6) is 5.75 Å². The van der Waals surface area contributed by atoms with Crippen molar-refractivity contribution in [2.24, 2.45) is 5.92 Å². The Bertz CT molecular complexity index is 1950. The van der Waals surface area contributed by atoms with Crippen LogP contribution in [0.15, 0.2) is 42.5 Å². The zero-order chi connectivity index (χ0) is 36.1. The number of carboxylic acids is 1. The van der Waals surface area contributed by atoms with E-state index >= 15 is 0 Å². The lowest BCUT2D eigenvalue weighted by Gasteiger charge is -2.47. The smallest absolute Gasteiger partial charge is 0.337 e. The number of aromatic nitrogens is 2. The van der Waals surface area contributed by atoms with Crippen LogP contribution in [0.1, 0.15) is 94.9 Å². The highest BCUT2D eigenvalue weighted by Gasteiger charge is 2.36. The minimum absolute atomic E-state index is 0.372. The second kappa shape index (κ2) is 14.3. The number of benzene rings is 2. The first-order valence-corrected chi connectivity index (χ1v) is 20.0. The molecule has 6 bridgehead atoms. The van der Waals surface area contributed by atoms with E-state index in [9.17, 15) is 9.90 Å². The average molecular weight is 725 g/mol. The number of aliphatic carboxylic acids is 1. The minimum atomic E-state index is -1.15. The van der Waals surface area contributed by atoms with Crippen LogP contribution in [0.2, 0.25) is 0 Å². The van der Waals surface area contributed by atoms with E-state index < -0.39 is 17.7 Å². The first kappa shape index (κ1) is 35.5. The maximum absolute atomic E-state index is 13.0. The van der Waals surface area contributed by atoms with Gasteiger partial charge in [0, 0.05) is 36.8 Å². The van der Waals surface area contributed by atoms with Crippen LogP contribution in [-0.2, 0) is 14.3 Å². The van der Waals surface area contributed by atoms with Crippen molar-refractivity contribution in [2.45, 2.75) is 103 Å². The van der Waals surface area contributed by atoms with E-state index in [1.54, 1.807) is 11.3 Å². The van der Waals surface area contributed by atoms with Crippen LogP contribution in [0, 0.1) is 12.8 Å². The maximum atomic E-state index is 13.0. The molecule has 4 aliphatic rings. The van der Waals surface area contributed by atoms with Gasteiger partial charge < -0.3 is 24.2 Å². The van der Waals surface area contributed by atoms with Crippen molar-refractivity contribution in [2.75, 3.05) is 44.4 Å². The van der Waals surface area contributed by atoms with E-state index in [0.717, 1.165) is 108 Å². The van der Waals surface area contributed by atoms with Crippen molar-refractivity contribution in [3.05, 3.63) is 59.2 Å². The number of carboxylic acid groups (broad SMARTS) is 1. The molecule has 2 saturated heterocycles. The van der Waals surface area contributed by atoms with Gasteiger partial charge in [0.1, 0.15) is 22.3 Å². The molecule has 2 fully saturated rings. The molecule has 52 heavy (non-hydrogen) atoms. The second-order valence-electron chi connectivity index (χ2n) is 16.4. The average Bonchev–Trinajstić information content (AvgIpc) is 3.51. The van der Waals surface area contributed by atoms with E-state index in [-0.39, 0.29) is 0 Å². The predicted octanol–water partition coefficient (Wildman–Crippen LogP) is 8.63. The molecular weight excluding hydrogens is 673 g/mol. The highest BCUT2D eigenvalue weighted by Crippen LogP contribution is 2.47. The van der Waals surface area contributed by atoms with Gasteiger partial charge >= 0.3 is 5.97 Å². The molecule has 4 aliphatic heterocycles. The maximum Gasteiger partial charge on any atom is 0.337 e. The molecule has 0 amide bonds. The lowest BCUT2D eigenvalue weighted by atomic mass is 9.84. The molecule has 2 aromatic heterocycles. The quantitative estimate of drug-likeness (QED) is 0.222. The Kier molecular flexibility index (Phi) is 9.78. The third-order valence-corrected chi connectivity index (χ3v) is 12.5. The van der Waals surface area contributed by atoms with Crippen LogP contribution in [0.4, 0.5) is 5.82 Å². The summed E-state index contributed by atoms with van der Waals surface area (Å²) >= 11 is 1.59. The Morgan fingerprint density at radius 1 is 1.04 bits per heavy atom. The summed E-state index contributed by atoms with van der Waals surface area (Å²) in [6.07, 6.45) is 5.64. The Morgan fingerprint density at radius 3 is 2.63 bits per heavy atom. The molecule has 4 aromatic rings. The van der Waals surface area contributed by atoms with Crippen LogP contribution in [0.3, 0.4) is 0 Å². The summed E-state index contributed by atoms with van der Waals surface area (Å²) in [5.74, 6) is 1.93. The summed E-state index contributed by atoms with van der Waals surface area (Å²) in [4.78, 5) is 28.7. The van der Waals surface area contributed by atoms with E-state index in [1.165, 1.54) is 24.8 Å². The van der Waals surface area contributed by atoms with Gasteiger partial charge in [-0.2, -0.15) is 0 Å². The van der Waals surface area contributed by atoms with Crippen LogP contribution < -0.4 is 9.64 Å². The number of aryl methyl sites for hydroxylation is 1. The monoisotopic (exact) mass is 724 g/mol. The first-order valence-electron chi connectivity index (χ1n) is 19.2. The standard InChI is InChI=1S/C42H52N4O5S/c1-25-9-6-7-10-27-15-18-50-34-14-13-28(21-31(27)34)37-36(38(41(47)48)51-42(3,4)5)26(2)20-33-39(37)52-40(44-33)32-11-8-12-35(43-32)46-17-16-45(22-29(46)19-25)30-23-49-24-30/h8,11-14,20-21,25,27,29-30,38H,6-7,9-10,15-19,22-24H2,1-5H3,(H,47,48)/t25?,27?,29?,38-/m0/s1. The SMILES string of the molecule is Cc1cc2nc3sc2c(c1[C@H](OC(C)(C)C)C(=O)O)-c1ccc2c(c1)C(CCCCC(C)CC1CN(C4COC4)CCN1c1cccc-3n1)CCO2. The second-order valence-corrected chi connectivity index (χ2v) is 17.4. The lowest BCUT2D eigenvalue weighted by molar-refractivity contribution is -0.160. The number of hydrogen-bond acceptors (Lipinski definition) is 9. The number of anilines is 1. The van der Waals surface area contributed by atoms with Crippen molar-refractivity contribution in [1.82, 2.24) is 14.9 Å². The lowest BCUT2D eigenvalue weighted by Crippen LogP contribution is -2.60.